The number of benzene rings is 1. The summed E-state index contributed by atoms with van der Waals surface area (Å²) < 4.78 is 30.5. The highest BCUT2D eigenvalue weighted by molar-refractivity contribution is 7.85. The number of hydrogen-bond donors (Lipinski definition) is 1. The molecular formula is C11H18O3SSi. The second-order valence-electron chi connectivity index (χ2n) is 4.81. The molecule has 0 aliphatic heterocycles. The molecule has 0 saturated heterocycles. The molecule has 0 bridgehead atoms. The molecule has 1 aromatic carbocycles. The van der Waals surface area contributed by atoms with Gasteiger partial charge >= 0.3 is 0 Å². The molecule has 5 heteroatoms. The Morgan fingerprint density at radius 3 is 2.06 bits per heavy atom. The maximum absolute atomic E-state index is 10.8. The van der Waals surface area contributed by atoms with Crippen LogP contribution in [0.2, 0.25) is 19.1 Å². The van der Waals surface area contributed by atoms with E-state index in [4.69, 9.17) is 4.55 Å². The Morgan fingerprint density at radius 2 is 1.69 bits per heavy atom. The monoisotopic (exact) mass is 258 g/mol. The van der Waals surface area contributed by atoms with Crippen LogP contribution in [0.4, 0.5) is 0 Å². The van der Waals surface area contributed by atoms with Crippen LogP contribution in [0.3, 0.4) is 0 Å². The van der Waals surface area contributed by atoms with E-state index in [1.807, 2.05) is 0 Å². The topological polar surface area (TPSA) is 54.4 Å². The Labute approximate surface area is 98.3 Å². The first-order chi connectivity index (χ1) is 7.24. The zero-order valence-electron chi connectivity index (χ0n) is 9.90. The van der Waals surface area contributed by atoms with Gasteiger partial charge < -0.3 is 0 Å². The van der Waals surface area contributed by atoms with Crippen molar-refractivity contribution in [3.8, 4) is 0 Å². The van der Waals surface area contributed by atoms with Crippen molar-refractivity contribution in [2.45, 2.75) is 37.0 Å². The van der Waals surface area contributed by atoms with Gasteiger partial charge in [0.2, 0.25) is 0 Å². The van der Waals surface area contributed by atoms with Crippen LogP contribution in [0, 0.1) is 0 Å². The lowest BCUT2D eigenvalue weighted by Gasteiger charge is -2.19. The third kappa shape index (κ3) is 3.73. The van der Waals surface area contributed by atoms with E-state index in [9.17, 15) is 8.42 Å². The highest BCUT2D eigenvalue weighted by Gasteiger charge is 2.18. The van der Waals surface area contributed by atoms with Gasteiger partial charge in [0.05, 0.1) is 13.0 Å². The average molecular weight is 258 g/mol. The van der Waals surface area contributed by atoms with Crippen molar-refractivity contribution in [1.82, 2.24) is 0 Å². The predicted molar refractivity (Wildman–Crippen MR) is 67.9 cm³/mol. The summed E-state index contributed by atoms with van der Waals surface area (Å²) in [5.41, 5.74) is 1.14. The molecule has 0 atom stereocenters. The second-order valence-corrected chi connectivity index (χ2v) is 11.6. The molecule has 90 valence electrons. The predicted octanol–water partition coefficient (Wildman–Crippen LogP) is 2.74. The SMILES string of the molecule is CC[Si](C)(C)Cc1ccc(S(=O)(=O)O)cc1. The molecular weight excluding hydrogens is 240 g/mol. The summed E-state index contributed by atoms with van der Waals surface area (Å²) in [6.07, 6.45) is 0. The summed E-state index contributed by atoms with van der Waals surface area (Å²) in [6, 6.07) is 8.74. The average Bonchev–Trinajstić information content (AvgIpc) is 2.16. The number of hydrogen-bond acceptors (Lipinski definition) is 2. The maximum atomic E-state index is 10.8. The molecule has 1 N–H and O–H groups in total. The molecule has 0 aliphatic carbocycles. The highest BCUT2D eigenvalue weighted by Crippen LogP contribution is 2.17. The first kappa shape index (κ1) is 13.4. The largest absolute Gasteiger partial charge is 0.294 e. The minimum absolute atomic E-state index is 0.0350. The fourth-order valence-electron chi connectivity index (χ4n) is 1.46. The maximum Gasteiger partial charge on any atom is 0.294 e. The molecule has 1 rings (SSSR count). The molecule has 0 fully saturated rings. The molecule has 0 spiro atoms. The van der Waals surface area contributed by atoms with Crippen molar-refractivity contribution in [1.29, 1.82) is 0 Å². The summed E-state index contributed by atoms with van der Waals surface area (Å²) in [5, 5.41) is 0. The van der Waals surface area contributed by atoms with Gasteiger partial charge in [0, 0.05) is 0 Å². The lowest BCUT2D eigenvalue weighted by molar-refractivity contribution is 0.483. The highest BCUT2D eigenvalue weighted by atomic mass is 32.2. The smallest absolute Gasteiger partial charge is 0.282 e. The first-order valence-corrected chi connectivity index (χ1v) is 10.2. The summed E-state index contributed by atoms with van der Waals surface area (Å²) in [4.78, 5) is -0.0350. The molecule has 0 aromatic heterocycles. The van der Waals surface area contributed by atoms with Gasteiger partial charge in [0.1, 0.15) is 0 Å². The van der Waals surface area contributed by atoms with Crippen LogP contribution < -0.4 is 0 Å². The number of rotatable bonds is 4. The van der Waals surface area contributed by atoms with Crippen LogP contribution in [0.15, 0.2) is 29.2 Å². The zero-order chi connectivity index (χ0) is 12.4. The minimum atomic E-state index is -4.06. The van der Waals surface area contributed by atoms with Gasteiger partial charge in [-0.05, 0) is 18.2 Å². The van der Waals surface area contributed by atoms with Gasteiger partial charge in [-0.15, -0.1) is 0 Å². The van der Waals surface area contributed by atoms with E-state index in [2.05, 4.69) is 20.0 Å². The molecule has 0 radical (unpaired) electrons. The molecule has 0 heterocycles. The lowest BCUT2D eigenvalue weighted by atomic mass is 10.2. The third-order valence-electron chi connectivity index (χ3n) is 2.86. The van der Waals surface area contributed by atoms with Crippen molar-refractivity contribution >= 4 is 18.2 Å². The van der Waals surface area contributed by atoms with E-state index in [1.165, 1.54) is 18.2 Å². The Bertz CT molecular complexity index is 449. The van der Waals surface area contributed by atoms with Crippen LogP contribution in [0.5, 0.6) is 0 Å². The van der Waals surface area contributed by atoms with E-state index >= 15 is 0 Å². The van der Waals surface area contributed by atoms with Gasteiger partial charge in [-0.2, -0.15) is 8.42 Å². The van der Waals surface area contributed by atoms with Crippen LogP contribution in [0.25, 0.3) is 0 Å². The minimum Gasteiger partial charge on any atom is -0.282 e. The van der Waals surface area contributed by atoms with E-state index in [-0.39, 0.29) is 4.90 Å². The standard InChI is InChI=1S/C11H18O3SSi/c1-4-16(2,3)9-10-5-7-11(8-6-10)15(12,13)14/h5-8H,4,9H2,1-3H3,(H,12,13,14). The molecule has 0 unspecified atom stereocenters. The molecule has 16 heavy (non-hydrogen) atoms. The molecule has 0 aliphatic rings. The molecule has 1 aromatic rings. The summed E-state index contributed by atoms with van der Waals surface area (Å²) in [7, 11) is -5.25. The Balaban J connectivity index is 2.89. The Kier molecular flexibility index (Phi) is 3.93. The first-order valence-electron chi connectivity index (χ1n) is 5.31. The van der Waals surface area contributed by atoms with E-state index in [1.54, 1.807) is 12.1 Å². The summed E-state index contributed by atoms with van der Waals surface area (Å²) >= 11 is 0. The second kappa shape index (κ2) is 4.69. The van der Waals surface area contributed by atoms with Crippen molar-refractivity contribution in [3.63, 3.8) is 0 Å². The van der Waals surface area contributed by atoms with Crippen LogP contribution in [-0.4, -0.2) is 21.0 Å². The zero-order valence-corrected chi connectivity index (χ0v) is 11.7. The fourth-order valence-corrected chi connectivity index (χ4v) is 3.53. The molecule has 3 nitrogen and oxygen atoms in total. The normalized spacial score (nSPS) is 12.8. The fraction of sp³-hybridized carbons (Fsp3) is 0.455. The third-order valence-corrected chi connectivity index (χ3v) is 7.01. The van der Waals surface area contributed by atoms with Crippen molar-refractivity contribution < 1.29 is 13.0 Å². The van der Waals surface area contributed by atoms with E-state index in [0.29, 0.717) is 0 Å². The van der Waals surface area contributed by atoms with Crippen LogP contribution in [0.1, 0.15) is 12.5 Å². The van der Waals surface area contributed by atoms with Crippen LogP contribution in [-0.2, 0) is 16.2 Å². The van der Waals surface area contributed by atoms with Crippen molar-refractivity contribution in [3.05, 3.63) is 29.8 Å². The summed E-state index contributed by atoms with van der Waals surface area (Å²) in [6.45, 7) is 6.81. The van der Waals surface area contributed by atoms with Gasteiger partial charge in [0.15, 0.2) is 0 Å². The molecule has 0 saturated carbocycles. The Hall–Kier alpha value is -0.653. The lowest BCUT2D eigenvalue weighted by Crippen LogP contribution is -2.27. The van der Waals surface area contributed by atoms with Gasteiger partial charge in [-0.1, -0.05) is 43.8 Å². The van der Waals surface area contributed by atoms with Crippen molar-refractivity contribution in [2.24, 2.45) is 0 Å². The van der Waals surface area contributed by atoms with E-state index < -0.39 is 18.2 Å². The van der Waals surface area contributed by atoms with E-state index in [0.717, 1.165) is 11.6 Å². The van der Waals surface area contributed by atoms with Gasteiger partial charge in [-0.25, -0.2) is 0 Å². The molecule has 0 amide bonds. The Morgan fingerprint density at radius 1 is 1.19 bits per heavy atom. The van der Waals surface area contributed by atoms with Crippen LogP contribution >= 0.6 is 0 Å². The quantitative estimate of drug-likeness (QED) is 0.667. The summed E-state index contributed by atoms with van der Waals surface area (Å²) in [5.74, 6) is 0. The van der Waals surface area contributed by atoms with Crippen molar-refractivity contribution in [2.75, 3.05) is 0 Å². The van der Waals surface area contributed by atoms with Gasteiger partial charge in [0.25, 0.3) is 10.1 Å². The van der Waals surface area contributed by atoms with Gasteiger partial charge in [-0.3, -0.25) is 4.55 Å².